The average molecular weight is 250 g/mol. The standard InChI is InChI=1S/C12H18N4O2/c13-11(16-17)10-7-8-14-15-12(10)18-9-5-3-1-2-4-6-9/h7-9,17H,1-6H2,(H2,13,16). The molecule has 1 fully saturated rings. The van der Waals surface area contributed by atoms with Gasteiger partial charge in [-0.15, -0.1) is 5.10 Å². The molecule has 0 aromatic carbocycles. The van der Waals surface area contributed by atoms with Gasteiger partial charge in [0.1, 0.15) is 6.10 Å². The zero-order valence-electron chi connectivity index (χ0n) is 10.2. The fraction of sp³-hybridized carbons (Fsp3) is 0.583. The predicted octanol–water partition coefficient (Wildman–Crippen LogP) is 1.67. The molecule has 6 heteroatoms. The summed E-state index contributed by atoms with van der Waals surface area (Å²) in [5.41, 5.74) is 6.07. The summed E-state index contributed by atoms with van der Waals surface area (Å²) in [5, 5.41) is 19.4. The van der Waals surface area contributed by atoms with Crippen LogP contribution in [0, 0.1) is 0 Å². The van der Waals surface area contributed by atoms with Crippen molar-refractivity contribution in [3.63, 3.8) is 0 Å². The number of nitrogens with two attached hydrogens (primary N) is 1. The van der Waals surface area contributed by atoms with Crippen LogP contribution in [-0.4, -0.2) is 27.3 Å². The molecule has 0 saturated heterocycles. The molecule has 3 N–H and O–H groups in total. The number of oxime groups is 1. The maximum Gasteiger partial charge on any atom is 0.244 e. The lowest BCUT2D eigenvalue weighted by Crippen LogP contribution is -2.21. The Labute approximate surface area is 106 Å². The molecule has 2 rings (SSSR count). The monoisotopic (exact) mass is 250 g/mol. The van der Waals surface area contributed by atoms with E-state index in [4.69, 9.17) is 15.7 Å². The van der Waals surface area contributed by atoms with Crippen LogP contribution in [0.15, 0.2) is 17.4 Å². The molecule has 1 heterocycles. The number of ether oxygens (including phenoxy) is 1. The quantitative estimate of drug-likeness (QED) is 0.280. The number of nitrogens with zero attached hydrogens (tertiary/aromatic N) is 3. The zero-order chi connectivity index (χ0) is 12.8. The van der Waals surface area contributed by atoms with Crippen molar-refractivity contribution in [1.29, 1.82) is 0 Å². The summed E-state index contributed by atoms with van der Waals surface area (Å²) < 4.78 is 5.84. The highest BCUT2D eigenvalue weighted by Gasteiger charge is 2.17. The van der Waals surface area contributed by atoms with Gasteiger partial charge in [0, 0.05) is 0 Å². The molecular formula is C12H18N4O2. The first kappa shape index (κ1) is 12.6. The first-order valence-corrected chi connectivity index (χ1v) is 6.27. The first-order chi connectivity index (χ1) is 8.81. The van der Waals surface area contributed by atoms with Crippen molar-refractivity contribution in [2.75, 3.05) is 0 Å². The van der Waals surface area contributed by atoms with Crippen molar-refractivity contribution in [2.24, 2.45) is 10.9 Å². The second-order valence-corrected chi connectivity index (χ2v) is 4.47. The smallest absolute Gasteiger partial charge is 0.244 e. The molecule has 0 aliphatic heterocycles. The molecule has 0 unspecified atom stereocenters. The predicted molar refractivity (Wildman–Crippen MR) is 66.7 cm³/mol. The molecule has 1 saturated carbocycles. The highest BCUT2D eigenvalue weighted by molar-refractivity contribution is 5.98. The fourth-order valence-electron chi connectivity index (χ4n) is 2.17. The third kappa shape index (κ3) is 3.09. The van der Waals surface area contributed by atoms with Crippen LogP contribution in [0.4, 0.5) is 0 Å². The van der Waals surface area contributed by atoms with Crippen molar-refractivity contribution in [2.45, 2.75) is 44.6 Å². The van der Waals surface area contributed by atoms with E-state index in [1.807, 2.05) is 0 Å². The lowest BCUT2D eigenvalue weighted by molar-refractivity contribution is 0.174. The van der Waals surface area contributed by atoms with Crippen molar-refractivity contribution in [1.82, 2.24) is 10.2 Å². The highest BCUT2D eigenvalue weighted by Crippen LogP contribution is 2.23. The third-order valence-electron chi connectivity index (χ3n) is 3.15. The van der Waals surface area contributed by atoms with Crippen molar-refractivity contribution < 1.29 is 9.94 Å². The third-order valence-corrected chi connectivity index (χ3v) is 3.15. The van der Waals surface area contributed by atoms with E-state index in [9.17, 15) is 0 Å². The molecule has 0 bridgehead atoms. The number of hydrogen-bond donors (Lipinski definition) is 2. The van der Waals surface area contributed by atoms with Crippen molar-refractivity contribution in [3.05, 3.63) is 17.8 Å². The Hall–Kier alpha value is -1.85. The molecule has 1 aromatic heterocycles. The molecular weight excluding hydrogens is 232 g/mol. The minimum atomic E-state index is -0.00600. The van der Waals surface area contributed by atoms with E-state index in [-0.39, 0.29) is 11.9 Å². The van der Waals surface area contributed by atoms with Crippen LogP contribution in [0.25, 0.3) is 0 Å². The van der Waals surface area contributed by atoms with Crippen LogP contribution in [0.2, 0.25) is 0 Å². The van der Waals surface area contributed by atoms with E-state index in [0.29, 0.717) is 11.4 Å². The van der Waals surface area contributed by atoms with Gasteiger partial charge in [0.25, 0.3) is 0 Å². The summed E-state index contributed by atoms with van der Waals surface area (Å²) in [5.74, 6) is 0.341. The van der Waals surface area contributed by atoms with Crippen LogP contribution in [0.1, 0.15) is 44.1 Å². The SMILES string of the molecule is N/C(=N/O)c1ccnnc1OC1CCCCCC1. The maximum atomic E-state index is 8.72. The summed E-state index contributed by atoms with van der Waals surface area (Å²) >= 11 is 0. The van der Waals surface area contributed by atoms with Gasteiger partial charge in [-0.2, -0.15) is 5.10 Å². The number of hydrogen-bond acceptors (Lipinski definition) is 5. The second-order valence-electron chi connectivity index (χ2n) is 4.47. The summed E-state index contributed by atoms with van der Waals surface area (Å²) in [6, 6.07) is 1.63. The van der Waals surface area contributed by atoms with Gasteiger partial charge in [-0.05, 0) is 31.7 Å². The Morgan fingerprint density at radius 2 is 2.06 bits per heavy atom. The lowest BCUT2D eigenvalue weighted by Gasteiger charge is -2.17. The molecule has 1 aliphatic rings. The maximum absolute atomic E-state index is 8.72. The van der Waals surface area contributed by atoms with Crippen LogP contribution < -0.4 is 10.5 Å². The summed E-state index contributed by atoms with van der Waals surface area (Å²) in [7, 11) is 0. The van der Waals surface area contributed by atoms with Crippen molar-refractivity contribution >= 4 is 5.84 Å². The fourth-order valence-corrected chi connectivity index (χ4v) is 2.17. The van der Waals surface area contributed by atoms with Crippen LogP contribution in [0.3, 0.4) is 0 Å². The van der Waals surface area contributed by atoms with Crippen LogP contribution >= 0.6 is 0 Å². The van der Waals surface area contributed by atoms with Gasteiger partial charge < -0.3 is 15.7 Å². The summed E-state index contributed by atoms with van der Waals surface area (Å²) in [6.07, 6.45) is 8.54. The van der Waals surface area contributed by atoms with E-state index in [1.54, 1.807) is 6.07 Å². The first-order valence-electron chi connectivity index (χ1n) is 6.27. The van der Waals surface area contributed by atoms with E-state index in [1.165, 1.54) is 31.9 Å². The highest BCUT2D eigenvalue weighted by atomic mass is 16.5. The van der Waals surface area contributed by atoms with E-state index in [2.05, 4.69) is 15.4 Å². The molecule has 1 aromatic rings. The van der Waals surface area contributed by atoms with Gasteiger partial charge in [0.15, 0.2) is 5.84 Å². The Morgan fingerprint density at radius 1 is 1.33 bits per heavy atom. The number of rotatable bonds is 3. The average Bonchev–Trinajstić information content (AvgIpc) is 2.67. The van der Waals surface area contributed by atoms with Gasteiger partial charge in [-0.3, -0.25) is 0 Å². The van der Waals surface area contributed by atoms with Gasteiger partial charge in [-0.25, -0.2) is 0 Å². The molecule has 6 nitrogen and oxygen atoms in total. The number of aromatic nitrogens is 2. The Morgan fingerprint density at radius 3 is 2.72 bits per heavy atom. The Balaban J connectivity index is 2.12. The van der Waals surface area contributed by atoms with Gasteiger partial charge in [0.05, 0.1) is 11.8 Å². The minimum Gasteiger partial charge on any atom is -0.473 e. The van der Waals surface area contributed by atoms with Gasteiger partial charge >= 0.3 is 0 Å². The van der Waals surface area contributed by atoms with Gasteiger partial charge in [-0.1, -0.05) is 18.0 Å². The summed E-state index contributed by atoms with van der Waals surface area (Å²) in [6.45, 7) is 0. The molecule has 1 aliphatic carbocycles. The molecule has 98 valence electrons. The molecule has 0 spiro atoms. The molecule has 0 atom stereocenters. The van der Waals surface area contributed by atoms with Crippen LogP contribution in [0.5, 0.6) is 5.88 Å². The van der Waals surface area contributed by atoms with Gasteiger partial charge in [0.2, 0.25) is 5.88 Å². The minimum absolute atomic E-state index is 0.00600. The summed E-state index contributed by atoms with van der Waals surface area (Å²) in [4.78, 5) is 0. The molecule has 0 amide bonds. The second kappa shape index (κ2) is 6.18. The number of amidine groups is 1. The molecule has 0 radical (unpaired) electrons. The normalized spacial score (nSPS) is 18.3. The Bertz CT molecular complexity index is 414. The van der Waals surface area contributed by atoms with E-state index >= 15 is 0 Å². The van der Waals surface area contributed by atoms with E-state index in [0.717, 1.165) is 12.8 Å². The molecule has 18 heavy (non-hydrogen) atoms. The zero-order valence-corrected chi connectivity index (χ0v) is 10.2. The van der Waals surface area contributed by atoms with Crippen LogP contribution in [-0.2, 0) is 0 Å². The van der Waals surface area contributed by atoms with E-state index < -0.39 is 0 Å². The lowest BCUT2D eigenvalue weighted by atomic mass is 10.1. The van der Waals surface area contributed by atoms with Crippen molar-refractivity contribution in [3.8, 4) is 5.88 Å². The topological polar surface area (TPSA) is 93.6 Å². The Kier molecular flexibility index (Phi) is 4.33. The largest absolute Gasteiger partial charge is 0.473 e.